The first kappa shape index (κ1) is 28.9. The highest BCUT2D eigenvalue weighted by Gasteiger charge is 2.55. The standard InChI is InChI=1S/C31H43N5O3/c1-6-31(19-25(37)27(32)35(31)5)29(39)36(24-16-14-22(15-17-24)30(2,3)4)26(21-11-10-18-33-20-21)28(38)34-23-12-8-7-9-13-23/h10-11,14-18,20,23,26-27H,6-9,12-13,19,32H2,1-5H3,(H,34,38). The number of Topliss-reactive ketones (excluding diaryl/α,β-unsaturated/α-hetero) is 1. The van der Waals surface area contributed by atoms with Crippen LogP contribution >= 0.6 is 0 Å². The molecule has 3 unspecified atom stereocenters. The number of rotatable bonds is 7. The minimum absolute atomic E-state index is 0.000574. The van der Waals surface area contributed by atoms with Crippen molar-refractivity contribution in [3.8, 4) is 0 Å². The first-order chi connectivity index (χ1) is 18.5. The number of aromatic nitrogens is 1. The Morgan fingerprint density at radius 2 is 1.82 bits per heavy atom. The molecule has 8 nitrogen and oxygen atoms in total. The number of carbonyl (C=O) groups excluding carboxylic acids is 3. The molecule has 1 aliphatic carbocycles. The Kier molecular flexibility index (Phi) is 8.57. The van der Waals surface area contributed by atoms with Gasteiger partial charge in [0.05, 0.1) is 0 Å². The van der Waals surface area contributed by atoms with E-state index in [9.17, 15) is 14.4 Å². The molecule has 1 saturated heterocycles. The van der Waals surface area contributed by atoms with Crippen LogP contribution in [0.3, 0.4) is 0 Å². The van der Waals surface area contributed by atoms with Gasteiger partial charge in [0, 0.05) is 36.1 Å². The topological polar surface area (TPSA) is 109 Å². The number of ketones is 1. The zero-order chi connectivity index (χ0) is 28.4. The molecule has 39 heavy (non-hydrogen) atoms. The van der Waals surface area contributed by atoms with Crippen molar-refractivity contribution in [2.24, 2.45) is 5.73 Å². The summed E-state index contributed by atoms with van der Waals surface area (Å²) in [6.07, 6.45) is 7.96. The summed E-state index contributed by atoms with van der Waals surface area (Å²) in [6, 6.07) is 10.5. The Bertz CT molecular complexity index is 1170. The van der Waals surface area contributed by atoms with Crippen LogP contribution in [0.15, 0.2) is 48.8 Å². The SMILES string of the molecule is CCC1(C(=O)N(c2ccc(C(C)(C)C)cc2)C(C(=O)NC2CCCCC2)c2cccnc2)CC(=O)C(N)N1C. The van der Waals surface area contributed by atoms with Crippen LogP contribution in [0.25, 0.3) is 0 Å². The third-order valence-corrected chi connectivity index (χ3v) is 8.56. The summed E-state index contributed by atoms with van der Waals surface area (Å²) in [4.78, 5) is 49.2. The number of likely N-dealkylation sites (N-methyl/N-ethyl adjacent to an activating group) is 1. The van der Waals surface area contributed by atoms with E-state index in [0.29, 0.717) is 17.7 Å². The predicted octanol–water partition coefficient (Wildman–Crippen LogP) is 4.24. The van der Waals surface area contributed by atoms with Gasteiger partial charge in [0.1, 0.15) is 17.7 Å². The normalized spacial score (nSPS) is 23.4. The van der Waals surface area contributed by atoms with E-state index in [1.165, 1.54) is 6.42 Å². The third kappa shape index (κ3) is 5.77. The number of benzene rings is 1. The van der Waals surface area contributed by atoms with Crippen molar-refractivity contribution in [1.82, 2.24) is 15.2 Å². The summed E-state index contributed by atoms with van der Waals surface area (Å²) in [5, 5.41) is 3.24. The summed E-state index contributed by atoms with van der Waals surface area (Å²) >= 11 is 0. The Labute approximate surface area is 232 Å². The van der Waals surface area contributed by atoms with Gasteiger partial charge < -0.3 is 11.1 Å². The lowest BCUT2D eigenvalue weighted by atomic mass is 9.86. The van der Waals surface area contributed by atoms with Crippen molar-refractivity contribution in [1.29, 1.82) is 0 Å². The van der Waals surface area contributed by atoms with Crippen molar-refractivity contribution in [3.05, 3.63) is 59.9 Å². The van der Waals surface area contributed by atoms with Gasteiger partial charge >= 0.3 is 0 Å². The zero-order valence-corrected chi connectivity index (χ0v) is 23.9. The molecule has 8 heteroatoms. The van der Waals surface area contributed by atoms with E-state index in [2.05, 4.69) is 31.1 Å². The van der Waals surface area contributed by atoms with Crippen molar-refractivity contribution in [2.45, 2.75) is 102 Å². The first-order valence-electron chi connectivity index (χ1n) is 14.2. The Hall–Kier alpha value is -3.10. The van der Waals surface area contributed by atoms with Crippen LogP contribution in [0, 0.1) is 0 Å². The second kappa shape index (κ2) is 11.6. The average molecular weight is 534 g/mol. The molecule has 2 heterocycles. The maximum atomic E-state index is 14.8. The Morgan fingerprint density at radius 3 is 2.33 bits per heavy atom. The second-order valence-electron chi connectivity index (χ2n) is 12.1. The summed E-state index contributed by atoms with van der Waals surface area (Å²) in [5.41, 5.74) is 7.28. The van der Waals surface area contributed by atoms with E-state index in [4.69, 9.17) is 5.73 Å². The molecule has 0 bridgehead atoms. The first-order valence-corrected chi connectivity index (χ1v) is 14.2. The molecule has 3 atom stereocenters. The lowest BCUT2D eigenvalue weighted by Crippen LogP contribution is -2.60. The van der Waals surface area contributed by atoms with Gasteiger partial charge in [0.25, 0.3) is 0 Å². The number of likely N-dealkylation sites (tertiary alicyclic amines) is 1. The molecule has 3 N–H and O–H groups in total. The summed E-state index contributed by atoms with van der Waals surface area (Å²) in [5.74, 6) is -0.740. The van der Waals surface area contributed by atoms with Gasteiger partial charge in [-0.2, -0.15) is 0 Å². The van der Waals surface area contributed by atoms with Gasteiger partial charge in [-0.15, -0.1) is 0 Å². The number of carbonyl (C=O) groups is 3. The largest absolute Gasteiger partial charge is 0.351 e. The summed E-state index contributed by atoms with van der Waals surface area (Å²) in [6.45, 7) is 8.29. The molecular weight excluding hydrogens is 490 g/mol. The number of amides is 2. The highest BCUT2D eigenvalue weighted by atomic mass is 16.2. The van der Waals surface area contributed by atoms with Crippen molar-refractivity contribution >= 4 is 23.3 Å². The van der Waals surface area contributed by atoms with Crippen LogP contribution in [0.5, 0.6) is 0 Å². The molecule has 4 rings (SSSR count). The fourth-order valence-electron chi connectivity index (χ4n) is 5.96. The summed E-state index contributed by atoms with van der Waals surface area (Å²) in [7, 11) is 1.72. The maximum absolute atomic E-state index is 14.8. The minimum atomic E-state index is -1.16. The van der Waals surface area contributed by atoms with E-state index < -0.39 is 17.7 Å². The smallest absolute Gasteiger partial charge is 0.249 e. The number of nitrogens with one attached hydrogen (secondary N) is 1. The van der Waals surface area contributed by atoms with E-state index in [-0.39, 0.29) is 35.5 Å². The predicted molar refractivity (Wildman–Crippen MR) is 153 cm³/mol. The molecule has 1 aliphatic heterocycles. The van der Waals surface area contributed by atoms with Gasteiger partial charge in [-0.1, -0.05) is 65.2 Å². The maximum Gasteiger partial charge on any atom is 0.249 e. The van der Waals surface area contributed by atoms with Gasteiger partial charge in [-0.05, 0) is 55.5 Å². The Balaban J connectivity index is 1.85. The number of nitrogens with zero attached hydrogens (tertiary/aromatic N) is 3. The van der Waals surface area contributed by atoms with Crippen molar-refractivity contribution < 1.29 is 14.4 Å². The Morgan fingerprint density at radius 1 is 1.15 bits per heavy atom. The molecule has 2 aromatic rings. The lowest BCUT2D eigenvalue weighted by Gasteiger charge is -2.42. The zero-order valence-electron chi connectivity index (χ0n) is 23.9. The van der Waals surface area contributed by atoms with E-state index in [1.54, 1.807) is 35.3 Å². The molecule has 0 radical (unpaired) electrons. The molecule has 0 spiro atoms. The van der Waals surface area contributed by atoms with Crippen LogP contribution in [0.1, 0.15) is 89.8 Å². The quantitative estimate of drug-likeness (QED) is 0.551. The van der Waals surface area contributed by atoms with Crippen LogP contribution in [0.2, 0.25) is 0 Å². The van der Waals surface area contributed by atoms with Crippen LogP contribution in [-0.4, -0.2) is 52.3 Å². The molecule has 1 saturated carbocycles. The highest BCUT2D eigenvalue weighted by molar-refractivity contribution is 6.09. The number of hydrogen-bond acceptors (Lipinski definition) is 6. The van der Waals surface area contributed by atoms with Gasteiger partial charge in [0.15, 0.2) is 5.78 Å². The molecule has 210 valence electrons. The molecule has 1 aromatic heterocycles. The molecule has 2 aliphatic rings. The second-order valence-corrected chi connectivity index (χ2v) is 12.1. The fourth-order valence-corrected chi connectivity index (χ4v) is 5.96. The number of pyridine rings is 1. The third-order valence-electron chi connectivity index (χ3n) is 8.56. The van der Waals surface area contributed by atoms with Crippen LogP contribution < -0.4 is 16.0 Å². The van der Waals surface area contributed by atoms with Gasteiger partial charge in [0.2, 0.25) is 11.8 Å². The molecule has 1 aromatic carbocycles. The minimum Gasteiger partial charge on any atom is -0.351 e. The van der Waals surface area contributed by atoms with E-state index in [0.717, 1.165) is 31.2 Å². The van der Waals surface area contributed by atoms with E-state index in [1.807, 2.05) is 37.3 Å². The van der Waals surface area contributed by atoms with Crippen molar-refractivity contribution in [2.75, 3.05) is 11.9 Å². The molecule has 2 fully saturated rings. The van der Waals surface area contributed by atoms with Crippen molar-refractivity contribution in [3.63, 3.8) is 0 Å². The number of hydrogen-bond donors (Lipinski definition) is 2. The molecule has 2 amide bonds. The monoisotopic (exact) mass is 533 g/mol. The number of anilines is 1. The summed E-state index contributed by atoms with van der Waals surface area (Å²) < 4.78 is 0. The molecular formula is C31H43N5O3. The van der Waals surface area contributed by atoms with Crippen LogP contribution in [-0.2, 0) is 19.8 Å². The highest BCUT2D eigenvalue weighted by Crippen LogP contribution is 2.39. The van der Waals surface area contributed by atoms with Gasteiger partial charge in [-0.3, -0.25) is 29.2 Å². The van der Waals surface area contributed by atoms with Crippen LogP contribution in [0.4, 0.5) is 5.69 Å². The van der Waals surface area contributed by atoms with E-state index >= 15 is 0 Å². The average Bonchev–Trinajstić information content (AvgIpc) is 3.16. The lowest BCUT2D eigenvalue weighted by molar-refractivity contribution is -0.133. The number of nitrogens with two attached hydrogens (primary N) is 1. The van der Waals surface area contributed by atoms with Gasteiger partial charge in [-0.25, -0.2) is 0 Å². The fraction of sp³-hybridized carbons (Fsp3) is 0.548.